The van der Waals surface area contributed by atoms with Crippen LogP contribution in [0.1, 0.15) is 0 Å². The molecule has 0 radical (unpaired) electrons. The standard InChI is InChI=1S/C8H5Br2N/c9-6-3-5-1-2-11-8(5)7(10)4-6/h1-4,11H. The molecule has 0 atom stereocenters. The molecule has 0 fully saturated rings. The molecule has 0 amide bonds. The third-order valence-electron chi connectivity index (χ3n) is 1.58. The van der Waals surface area contributed by atoms with E-state index >= 15 is 0 Å². The molecular formula is C8H5Br2N. The van der Waals surface area contributed by atoms with Crippen LogP contribution in [0.25, 0.3) is 10.9 Å². The zero-order chi connectivity index (χ0) is 7.84. The van der Waals surface area contributed by atoms with Gasteiger partial charge < -0.3 is 4.98 Å². The number of fused-ring (bicyclic) bond motifs is 1. The van der Waals surface area contributed by atoms with Crippen molar-refractivity contribution in [2.45, 2.75) is 0 Å². The van der Waals surface area contributed by atoms with E-state index in [1.807, 2.05) is 18.3 Å². The monoisotopic (exact) mass is 273 g/mol. The molecule has 0 aliphatic heterocycles. The predicted octanol–water partition coefficient (Wildman–Crippen LogP) is 3.69. The summed E-state index contributed by atoms with van der Waals surface area (Å²) in [4.78, 5) is 3.15. The summed E-state index contributed by atoms with van der Waals surface area (Å²) in [7, 11) is 0. The van der Waals surface area contributed by atoms with E-state index in [1.54, 1.807) is 0 Å². The summed E-state index contributed by atoms with van der Waals surface area (Å²) in [5.41, 5.74) is 1.15. The van der Waals surface area contributed by atoms with Crippen molar-refractivity contribution < 1.29 is 0 Å². The molecule has 1 aromatic carbocycles. The number of aromatic nitrogens is 1. The summed E-state index contributed by atoms with van der Waals surface area (Å²) in [6, 6.07) is 6.15. The van der Waals surface area contributed by atoms with Crippen molar-refractivity contribution in [3.05, 3.63) is 33.3 Å². The van der Waals surface area contributed by atoms with Crippen LogP contribution < -0.4 is 0 Å². The second-order valence-electron chi connectivity index (χ2n) is 2.33. The molecule has 0 unspecified atom stereocenters. The molecular weight excluding hydrogens is 270 g/mol. The lowest BCUT2D eigenvalue weighted by atomic mass is 10.3. The second kappa shape index (κ2) is 2.64. The lowest BCUT2D eigenvalue weighted by molar-refractivity contribution is 1.46. The van der Waals surface area contributed by atoms with E-state index in [-0.39, 0.29) is 0 Å². The number of halogens is 2. The Bertz CT molecular complexity index is 392. The highest BCUT2D eigenvalue weighted by atomic mass is 79.9. The summed E-state index contributed by atoms with van der Waals surface area (Å²) in [6.45, 7) is 0. The smallest absolute Gasteiger partial charge is 0.0599 e. The van der Waals surface area contributed by atoms with Crippen LogP contribution in [-0.2, 0) is 0 Å². The lowest BCUT2D eigenvalue weighted by Gasteiger charge is -1.94. The summed E-state index contributed by atoms with van der Waals surface area (Å²) in [5.74, 6) is 0. The van der Waals surface area contributed by atoms with E-state index in [2.05, 4.69) is 42.9 Å². The fraction of sp³-hybridized carbons (Fsp3) is 0. The predicted molar refractivity (Wildman–Crippen MR) is 53.7 cm³/mol. The average Bonchev–Trinajstić information content (AvgIpc) is 2.34. The van der Waals surface area contributed by atoms with Gasteiger partial charge in [-0.15, -0.1) is 0 Å². The summed E-state index contributed by atoms with van der Waals surface area (Å²) >= 11 is 6.89. The quantitative estimate of drug-likeness (QED) is 0.754. The minimum Gasteiger partial charge on any atom is -0.360 e. The normalized spacial score (nSPS) is 10.7. The Morgan fingerprint density at radius 2 is 2.00 bits per heavy atom. The second-order valence-corrected chi connectivity index (χ2v) is 4.10. The molecule has 1 heterocycles. The molecule has 1 aromatic heterocycles. The molecule has 3 heteroatoms. The number of aromatic amines is 1. The lowest BCUT2D eigenvalue weighted by Crippen LogP contribution is -1.71. The topological polar surface area (TPSA) is 15.8 Å². The molecule has 11 heavy (non-hydrogen) atoms. The number of H-pyrrole nitrogens is 1. The number of hydrogen-bond donors (Lipinski definition) is 1. The van der Waals surface area contributed by atoms with E-state index in [1.165, 1.54) is 5.39 Å². The van der Waals surface area contributed by atoms with Crippen LogP contribution in [0.4, 0.5) is 0 Å². The molecule has 1 N–H and O–H groups in total. The van der Waals surface area contributed by atoms with E-state index in [9.17, 15) is 0 Å². The maximum absolute atomic E-state index is 3.47. The maximum Gasteiger partial charge on any atom is 0.0599 e. The van der Waals surface area contributed by atoms with Crippen LogP contribution in [0, 0.1) is 0 Å². The zero-order valence-electron chi connectivity index (χ0n) is 5.57. The van der Waals surface area contributed by atoms with Crippen LogP contribution in [0.3, 0.4) is 0 Å². The summed E-state index contributed by atoms with van der Waals surface area (Å²) in [5, 5.41) is 1.21. The van der Waals surface area contributed by atoms with Gasteiger partial charge >= 0.3 is 0 Å². The first-order chi connectivity index (χ1) is 5.27. The van der Waals surface area contributed by atoms with Gasteiger partial charge in [0.25, 0.3) is 0 Å². The van der Waals surface area contributed by atoms with Crippen LogP contribution in [0.2, 0.25) is 0 Å². The third-order valence-corrected chi connectivity index (χ3v) is 2.66. The Morgan fingerprint density at radius 3 is 2.82 bits per heavy atom. The Hall–Kier alpha value is -0.280. The van der Waals surface area contributed by atoms with Crippen LogP contribution in [0.15, 0.2) is 33.3 Å². The van der Waals surface area contributed by atoms with Crippen molar-refractivity contribution in [2.75, 3.05) is 0 Å². The van der Waals surface area contributed by atoms with Crippen molar-refractivity contribution in [2.24, 2.45) is 0 Å². The fourth-order valence-electron chi connectivity index (χ4n) is 1.09. The molecule has 0 saturated carbocycles. The first-order valence-electron chi connectivity index (χ1n) is 3.19. The van der Waals surface area contributed by atoms with Gasteiger partial charge in [-0.25, -0.2) is 0 Å². The van der Waals surface area contributed by atoms with Gasteiger partial charge in [0.2, 0.25) is 0 Å². The zero-order valence-corrected chi connectivity index (χ0v) is 8.74. The van der Waals surface area contributed by atoms with Gasteiger partial charge in [0.15, 0.2) is 0 Å². The van der Waals surface area contributed by atoms with Crippen molar-refractivity contribution in [1.82, 2.24) is 4.98 Å². The van der Waals surface area contributed by atoms with Gasteiger partial charge in [-0.3, -0.25) is 0 Å². The van der Waals surface area contributed by atoms with E-state index in [4.69, 9.17) is 0 Å². The van der Waals surface area contributed by atoms with E-state index < -0.39 is 0 Å². The Kier molecular flexibility index (Phi) is 1.77. The maximum atomic E-state index is 3.47. The van der Waals surface area contributed by atoms with Crippen LogP contribution in [0.5, 0.6) is 0 Å². The molecule has 2 aromatic rings. The van der Waals surface area contributed by atoms with E-state index in [0.29, 0.717) is 0 Å². The molecule has 56 valence electrons. The van der Waals surface area contributed by atoms with Gasteiger partial charge in [-0.1, -0.05) is 15.9 Å². The molecule has 1 nitrogen and oxygen atoms in total. The van der Waals surface area contributed by atoms with Crippen molar-refractivity contribution >= 4 is 42.8 Å². The first kappa shape index (κ1) is 7.37. The average molecular weight is 275 g/mol. The van der Waals surface area contributed by atoms with Gasteiger partial charge in [0.05, 0.1) is 5.52 Å². The number of hydrogen-bond acceptors (Lipinski definition) is 0. The Balaban J connectivity index is 2.91. The highest BCUT2D eigenvalue weighted by molar-refractivity contribution is 9.11. The number of benzene rings is 1. The number of rotatable bonds is 0. The molecule has 0 aliphatic rings. The van der Waals surface area contributed by atoms with Crippen LogP contribution >= 0.6 is 31.9 Å². The molecule has 2 rings (SSSR count). The van der Waals surface area contributed by atoms with Gasteiger partial charge in [0, 0.05) is 20.5 Å². The summed E-state index contributed by atoms with van der Waals surface area (Å²) in [6.07, 6.45) is 1.93. The van der Waals surface area contributed by atoms with Gasteiger partial charge in [0.1, 0.15) is 0 Å². The van der Waals surface area contributed by atoms with Crippen molar-refractivity contribution in [3.63, 3.8) is 0 Å². The molecule has 0 bridgehead atoms. The van der Waals surface area contributed by atoms with E-state index in [0.717, 1.165) is 14.5 Å². The van der Waals surface area contributed by atoms with Crippen LogP contribution in [-0.4, -0.2) is 4.98 Å². The highest BCUT2D eigenvalue weighted by Crippen LogP contribution is 2.26. The highest BCUT2D eigenvalue weighted by Gasteiger charge is 1.99. The minimum atomic E-state index is 1.09. The van der Waals surface area contributed by atoms with Gasteiger partial charge in [-0.05, 0) is 34.1 Å². The molecule has 0 saturated heterocycles. The summed E-state index contributed by atoms with van der Waals surface area (Å²) < 4.78 is 2.18. The number of nitrogens with one attached hydrogen (secondary N) is 1. The Labute approximate surface area is 81.1 Å². The Morgan fingerprint density at radius 1 is 1.18 bits per heavy atom. The molecule has 0 aliphatic carbocycles. The fourth-order valence-corrected chi connectivity index (χ4v) is 2.46. The first-order valence-corrected chi connectivity index (χ1v) is 4.78. The SMILES string of the molecule is Brc1cc(Br)c2[nH]ccc2c1. The van der Waals surface area contributed by atoms with Crippen molar-refractivity contribution in [3.8, 4) is 0 Å². The van der Waals surface area contributed by atoms with Crippen molar-refractivity contribution in [1.29, 1.82) is 0 Å². The van der Waals surface area contributed by atoms with Gasteiger partial charge in [-0.2, -0.15) is 0 Å². The minimum absolute atomic E-state index is 1.09. The third kappa shape index (κ3) is 1.23. The molecule has 0 spiro atoms. The largest absolute Gasteiger partial charge is 0.360 e.